The van der Waals surface area contributed by atoms with Crippen LogP contribution in [0.25, 0.3) is 0 Å². The van der Waals surface area contributed by atoms with Gasteiger partial charge < -0.3 is 5.32 Å². The molecule has 2 rings (SSSR count). The zero-order valence-electron chi connectivity index (χ0n) is 9.52. The van der Waals surface area contributed by atoms with Crippen LogP contribution in [0.1, 0.15) is 19.3 Å². The Kier molecular flexibility index (Phi) is 3.36. The summed E-state index contributed by atoms with van der Waals surface area (Å²) in [6, 6.07) is 3.06. The van der Waals surface area contributed by atoms with Gasteiger partial charge in [0.05, 0.1) is 10.6 Å². The van der Waals surface area contributed by atoms with E-state index in [1.807, 2.05) is 0 Å². The number of carbonyl (C=O) groups excluding carboxylic acids is 1. The van der Waals surface area contributed by atoms with Crippen LogP contribution in [0.4, 0.5) is 10.1 Å². The third-order valence-electron chi connectivity index (χ3n) is 3.00. The predicted molar refractivity (Wildman–Crippen MR) is 63.7 cm³/mol. The number of amides is 1. The summed E-state index contributed by atoms with van der Waals surface area (Å²) in [6.07, 6.45) is 2.54. The molecule has 0 spiro atoms. The van der Waals surface area contributed by atoms with Crippen molar-refractivity contribution in [2.24, 2.45) is 11.1 Å². The quantitative estimate of drug-likeness (QED) is 0.866. The van der Waals surface area contributed by atoms with Crippen molar-refractivity contribution in [2.45, 2.75) is 24.2 Å². The molecule has 18 heavy (non-hydrogen) atoms. The Morgan fingerprint density at radius 1 is 1.39 bits per heavy atom. The van der Waals surface area contributed by atoms with Gasteiger partial charge in [-0.3, -0.25) is 4.79 Å². The molecule has 5 nitrogen and oxygen atoms in total. The maximum absolute atomic E-state index is 13.5. The van der Waals surface area contributed by atoms with Crippen LogP contribution in [0.15, 0.2) is 23.1 Å². The molecule has 7 heteroatoms. The van der Waals surface area contributed by atoms with Gasteiger partial charge in [0, 0.05) is 5.92 Å². The van der Waals surface area contributed by atoms with Crippen molar-refractivity contribution in [1.29, 1.82) is 0 Å². The lowest BCUT2D eigenvalue weighted by Gasteiger charge is -2.24. The van der Waals surface area contributed by atoms with Gasteiger partial charge in [-0.15, -0.1) is 0 Å². The Morgan fingerprint density at radius 2 is 2.06 bits per heavy atom. The minimum atomic E-state index is -3.91. The summed E-state index contributed by atoms with van der Waals surface area (Å²) in [5.74, 6) is -1.08. The SMILES string of the molecule is NS(=O)(=O)c1ccc(F)c(NC(=O)C2CCC2)c1. The highest BCUT2D eigenvalue weighted by Gasteiger charge is 2.26. The Labute approximate surface area is 104 Å². The summed E-state index contributed by atoms with van der Waals surface area (Å²) in [5.41, 5.74) is -0.154. The first-order valence-electron chi connectivity index (χ1n) is 5.51. The number of nitrogens with one attached hydrogen (secondary N) is 1. The molecule has 1 aliphatic carbocycles. The third kappa shape index (κ3) is 2.68. The molecule has 0 heterocycles. The van der Waals surface area contributed by atoms with Gasteiger partial charge in [-0.2, -0.15) is 0 Å². The summed E-state index contributed by atoms with van der Waals surface area (Å²) < 4.78 is 35.7. The normalized spacial score (nSPS) is 16.1. The Morgan fingerprint density at radius 3 is 2.56 bits per heavy atom. The number of benzene rings is 1. The number of anilines is 1. The zero-order chi connectivity index (χ0) is 13.3. The van der Waals surface area contributed by atoms with Gasteiger partial charge in [0.25, 0.3) is 0 Å². The predicted octanol–water partition coefficient (Wildman–Crippen LogP) is 1.21. The molecule has 1 amide bonds. The van der Waals surface area contributed by atoms with Crippen molar-refractivity contribution >= 4 is 21.6 Å². The van der Waals surface area contributed by atoms with Crippen LogP contribution in [-0.2, 0) is 14.8 Å². The fourth-order valence-electron chi connectivity index (χ4n) is 1.68. The standard InChI is InChI=1S/C11H13FN2O3S/c12-9-5-4-8(18(13,16)17)6-10(9)14-11(15)7-2-1-3-7/h4-7H,1-3H2,(H,14,15)(H2,13,16,17). The van der Waals surface area contributed by atoms with E-state index in [1.54, 1.807) is 0 Å². The van der Waals surface area contributed by atoms with E-state index >= 15 is 0 Å². The summed E-state index contributed by atoms with van der Waals surface area (Å²) >= 11 is 0. The zero-order valence-corrected chi connectivity index (χ0v) is 10.3. The van der Waals surface area contributed by atoms with Crippen molar-refractivity contribution < 1.29 is 17.6 Å². The second kappa shape index (κ2) is 4.66. The van der Waals surface area contributed by atoms with E-state index < -0.39 is 15.8 Å². The van der Waals surface area contributed by atoms with E-state index in [0.717, 1.165) is 37.5 Å². The minimum absolute atomic E-state index is 0.109. The van der Waals surface area contributed by atoms with Gasteiger partial charge in [0.1, 0.15) is 5.82 Å². The number of primary sulfonamides is 1. The smallest absolute Gasteiger partial charge is 0.238 e. The summed E-state index contributed by atoms with van der Waals surface area (Å²) in [7, 11) is -3.91. The molecule has 1 aromatic carbocycles. The average Bonchev–Trinajstić information content (AvgIpc) is 2.16. The number of sulfonamides is 1. The monoisotopic (exact) mass is 272 g/mol. The fourth-order valence-corrected chi connectivity index (χ4v) is 2.22. The van der Waals surface area contributed by atoms with Gasteiger partial charge in [0.2, 0.25) is 15.9 Å². The van der Waals surface area contributed by atoms with Gasteiger partial charge in [-0.25, -0.2) is 17.9 Å². The molecule has 0 radical (unpaired) electrons. The highest BCUT2D eigenvalue weighted by molar-refractivity contribution is 7.89. The van der Waals surface area contributed by atoms with Crippen LogP contribution in [0.5, 0.6) is 0 Å². The topological polar surface area (TPSA) is 89.3 Å². The lowest BCUT2D eigenvalue weighted by atomic mass is 9.85. The lowest BCUT2D eigenvalue weighted by Crippen LogP contribution is -2.28. The Bertz CT molecular complexity index is 582. The van der Waals surface area contributed by atoms with Crippen LogP contribution in [0, 0.1) is 11.7 Å². The number of nitrogens with two attached hydrogens (primary N) is 1. The number of hydrogen-bond acceptors (Lipinski definition) is 3. The maximum atomic E-state index is 13.5. The molecule has 1 aromatic rings. The molecule has 0 saturated heterocycles. The van der Waals surface area contributed by atoms with Gasteiger partial charge >= 0.3 is 0 Å². The average molecular weight is 272 g/mol. The second-order valence-corrected chi connectivity index (χ2v) is 5.87. The van der Waals surface area contributed by atoms with Crippen molar-refractivity contribution in [3.8, 4) is 0 Å². The van der Waals surface area contributed by atoms with E-state index in [9.17, 15) is 17.6 Å². The van der Waals surface area contributed by atoms with Crippen LogP contribution in [0.2, 0.25) is 0 Å². The van der Waals surface area contributed by atoms with Crippen LogP contribution >= 0.6 is 0 Å². The molecular weight excluding hydrogens is 259 g/mol. The molecule has 1 fully saturated rings. The largest absolute Gasteiger partial charge is 0.323 e. The van der Waals surface area contributed by atoms with Crippen LogP contribution in [0.3, 0.4) is 0 Å². The first kappa shape index (κ1) is 13.0. The number of rotatable bonds is 3. The van der Waals surface area contributed by atoms with E-state index in [4.69, 9.17) is 5.14 Å². The second-order valence-electron chi connectivity index (χ2n) is 4.30. The molecule has 1 saturated carbocycles. The summed E-state index contributed by atoms with van der Waals surface area (Å²) in [6.45, 7) is 0. The lowest BCUT2D eigenvalue weighted by molar-refractivity contribution is -0.122. The van der Waals surface area contributed by atoms with Gasteiger partial charge in [0.15, 0.2) is 0 Å². The molecule has 0 bridgehead atoms. The first-order valence-corrected chi connectivity index (χ1v) is 7.06. The molecule has 98 valence electrons. The van der Waals surface area contributed by atoms with Crippen molar-refractivity contribution in [2.75, 3.05) is 5.32 Å². The molecule has 0 unspecified atom stereocenters. The van der Waals surface area contributed by atoms with E-state index in [0.29, 0.717) is 0 Å². The first-order chi connectivity index (χ1) is 8.38. The highest BCUT2D eigenvalue weighted by atomic mass is 32.2. The fraction of sp³-hybridized carbons (Fsp3) is 0.364. The van der Waals surface area contributed by atoms with Gasteiger partial charge in [-0.1, -0.05) is 6.42 Å². The molecular formula is C11H13FN2O3S. The molecule has 0 atom stereocenters. The van der Waals surface area contributed by atoms with Crippen LogP contribution in [-0.4, -0.2) is 14.3 Å². The summed E-state index contributed by atoms with van der Waals surface area (Å²) in [5, 5.41) is 7.33. The van der Waals surface area contributed by atoms with Crippen LogP contribution < -0.4 is 10.5 Å². The number of halogens is 1. The van der Waals surface area contributed by atoms with E-state index in [1.165, 1.54) is 0 Å². The number of carbonyl (C=O) groups is 1. The summed E-state index contributed by atoms with van der Waals surface area (Å²) in [4.78, 5) is 11.4. The molecule has 3 N–H and O–H groups in total. The molecule has 1 aliphatic rings. The molecule has 0 aromatic heterocycles. The van der Waals surface area contributed by atoms with Crippen molar-refractivity contribution in [3.63, 3.8) is 0 Å². The van der Waals surface area contributed by atoms with Crippen molar-refractivity contribution in [1.82, 2.24) is 0 Å². The number of hydrogen-bond donors (Lipinski definition) is 2. The van der Waals surface area contributed by atoms with Gasteiger partial charge in [-0.05, 0) is 31.0 Å². The highest BCUT2D eigenvalue weighted by Crippen LogP contribution is 2.28. The maximum Gasteiger partial charge on any atom is 0.238 e. The van der Waals surface area contributed by atoms with E-state index in [-0.39, 0.29) is 22.4 Å². The van der Waals surface area contributed by atoms with Crippen molar-refractivity contribution in [3.05, 3.63) is 24.0 Å². The minimum Gasteiger partial charge on any atom is -0.323 e. The Balaban J connectivity index is 2.23. The van der Waals surface area contributed by atoms with E-state index in [2.05, 4.69) is 5.32 Å². The molecule has 0 aliphatic heterocycles. The Hall–Kier alpha value is -1.47. The third-order valence-corrected chi connectivity index (χ3v) is 3.91.